The molecular formula is C21H32BrNO4S. The Morgan fingerprint density at radius 2 is 1.79 bits per heavy atom. The highest BCUT2D eigenvalue weighted by molar-refractivity contribution is 9.09. The summed E-state index contributed by atoms with van der Waals surface area (Å²) in [7, 11) is -3.65. The molecule has 1 aromatic rings. The van der Waals surface area contributed by atoms with Crippen LogP contribution in [0, 0.1) is 12.8 Å². The molecule has 1 rings (SSSR count). The van der Waals surface area contributed by atoms with Crippen LogP contribution < -0.4 is 0 Å². The number of ether oxygens (including phenoxy) is 1. The second-order valence-corrected chi connectivity index (χ2v) is 10.7. The van der Waals surface area contributed by atoms with E-state index in [4.69, 9.17) is 4.74 Å². The summed E-state index contributed by atoms with van der Waals surface area (Å²) in [5, 5.41) is 0.533. The van der Waals surface area contributed by atoms with Crippen molar-refractivity contribution in [2.24, 2.45) is 5.92 Å². The molecule has 0 radical (unpaired) electrons. The molecule has 5 nitrogen and oxygen atoms in total. The molecule has 0 aromatic heterocycles. The number of alkyl halides is 1. The molecule has 0 amide bonds. The second-order valence-electron chi connectivity index (χ2n) is 8.12. The van der Waals surface area contributed by atoms with Crippen LogP contribution in [0.15, 0.2) is 41.3 Å². The van der Waals surface area contributed by atoms with E-state index in [1.165, 1.54) is 10.4 Å². The normalized spacial score (nSPS) is 14.0. The van der Waals surface area contributed by atoms with Crippen LogP contribution in [0.1, 0.15) is 46.6 Å². The maximum absolute atomic E-state index is 13.3. The average molecular weight is 474 g/mol. The highest BCUT2D eigenvalue weighted by Crippen LogP contribution is 2.24. The number of rotatable bonds is 9. The Morgan fingerprint density at radius 3 is 2.25 bits per heavy atom. The van der Waals surface area contributed by atoms with Gasteiger partial charge in [0.15, 0.2) is 0 Å². The molecule has 0 aliphatic carbocycles. The number of hydrogen-bond donors (Lipinski definition) is 0. The van der Waals surface area contributed by atoms with Crippen molar-refractivity contribution in [2.75, 3.05) is 11.9 Å². The standard InChI is InChI=1S/C21H32BrNO4S/c1-16(2)19(15-22)23(14-8-7-9-20(24)27-21(4,5)6)28(25,26)18-12-10-17(3)11-13-18/h7,9-13,16,19H,8,14-15H2,1-6H3/b9-7+/t19-/m1/s1. The molecule has 0 aliphatic heterocycles. The lowest BCUT2D eigenvalue weighted by atomic mass is 10.1. The van der Waals surface area contributed by atoms with Crippen molar-refractivity contribution in [3.63, 3.8) is 0 Å². The summed E-state index contributed by atoms with van der Waals surface area (Å²) in [6.45, 7) is 11.6. The monoisotopic (exact) mass is 473 g/mol. The van der Waals surface area contributed by atoms with Gasteiger partial charge in [0, 0.05) is 24.0 Å². The summed E-state index contributed by atoms with van der Waals surface area (Å²) in [6.07, 6.45) is 3.44. The van der Waals surface area contributed by atoms with Gasteiger partial charge in [-0.1, -0.05) is 53.5 Å². The summed E-state index contributed by atoms with van der Waals surface area (Å²) in [5.41, 5.74) is 0.452. The lowest BCUT2D eigenvalue weighted by Gasteiger charge is -2.32. The molecular weight excluding hydrogens is 442 g/mol. The van der Waals surface area contributed by atoms with Crippen molar-refractivity contribution in [1.82, 2.24) is 4.31 Å². The van der Waals surface area contributed by atoms with Crippen LogP contribution in [0.5, 0.6) is 0 Å². The first-order chi connectivity index (χ1) is 12.9. The lowest BCUT2D eigenvalue weighted by Crippen LogP contribution is -2.44. The smallest absolute Gasteiger partial charge is 0.330 e. The minimum Gasteiger partial charge on any atom is -0.457 e. The van der Waals surface area contributed by atoms with Crippen LogP contribution in [-0.2, 0) is 19.6 Å². The van der Waals surface area contributed by atoms with Gasteiger partial charge in [-0.3, -0.25) is 0 Å². The number of aryl methyl sites for hydroxylation is 1. The molecule has 0 heterocycles. The van der Waals surface area contributed by atoms with Crippen LogP contribution in [0.2, 0.25) is 0 Å². The van der Waals surface area contributed by atoms with Crippen molar-refractivity contribution in [3.05, 3.63) is 42.0 Å². The van der Waals surface area contributed by atoms with Gasteiger partial charge in [-0.2, -0.15) is 4.31 Å². The topological polar surface area (TPSA) is 63.7 Å². The molecule has 0 spiro atoms. The van der Waals surface area contributed by atoms with Crippen LogP contribution in [-0.4, -0.2) is 42.2 Å². The van der Waals surface area contributed by atoms with Gasteiger partial charge in [-0.15, -0.1) is 0 Å². The third kappa shape index (κ3) is 7.68. The van der Waals surface area contributed by atoms with E-state index in [1.54, 1.807) is 51.1 Å². The van der Waals surface area contributed by atoms with Gasteiger partial charge in [-0.05, 0) is 52.2 Å². The minimum atomic E-state index is -3.65. The first-order valence-corrected chi connectivity index (χ1v) is 12.0. The number of carbonyl (C=O) groups is 1. The lowest BCUT2D eigenvalue weighted by molar-refractivity contribution is -0.148. The fraction of sp³-hybridized carbons (Fsp3) is 0.571. The first-order valence-electron chi connectivity index (χ1n) is 9.42. The van der Waals surface area contributed by atoms with E-state index in [0.717, 1.165) is 5.56 Å². The summed E-state index contributed by atoms with van der Waals surface area (Å²) in [6, 6.07) is 6.68. The molecule has 0 N–H and O–H groups in total. The van der Waals surface area contributed by atoms with Gasteiger partial charge in [0.25, 0.3) is 0 Å². The van der Waals surface area contributed by atoms with E-state index in [2.05, 4.69) is 15.9 Å². The average Bonchev–Trinajstić information content (AvgIpc) is 2.56. The van der Waals surface area contributed by atoms with E-state index in [0.29, 0.717) is 11.8 Å². The second kappa shape index (κ2) is 10.6. The quantitative estimate of drug-likeness (QED) is 0.296. The Kier molecular flexibility index (Phi) is 9.37. The molecule has 0 saturated heterocycles. The number of carbonyl (C=O) groups excluding carboxylic acids is 1. The number of esters is 1. The highest BCUT2D eigenvalue weighted by Gasteiger charge is 2.32. The van der Waals surface area contributed by atoms with Crippen LogP contribution in [0.3, 0.4) is 0 Å². The van der Waals surface area contributed by atoms with Gasteiger partial charge in [0.05, 0.1) is 4.90 Å². The number of nitrogens with zero attached hydrogens (tertiary/aromatic N) is 1. The molecule has 0 bridgehead atoms. The maximum Gasteiger partial charge on any atom is 0.330 e. The summed E-state index contributed by atoms with van der Waals surface area (Å²) in [5.74, 6) is -0.296. The Bertz CT molecular complexity index is 765. The van der Waals surface area contributed by atoms with Crippen molar-refractivity contribution in [2.45, 2.75) is 64.5 Å². The van der Waals surface area contributed by atoms with Gasteiger partial charge >= 0.3 is 5.97 Å². The predicted molar refractivity (Wildman–Crippen MR) is 117 cm³/mol. The van der Waals surface area contributed by atoms with E-state index in [-0.39, 0.29) is 23.4 Å². The van der Waals surface area contributed by atoms with Gasteiger partial charge in [0.2, 0.25) is 10.0 Å². The third-order valence-electron chi connectivity index (χ3n) is 4.10. The van der Waals surface area contributed by atoms with Gasteiger partial charge in [0.1, 0.15) is 5.60 Å². The SMILES string of the molecule is Cc1ccc(S(=O)(=O)N(CC/C=C/C(=O)OC(C)(C)C)[C@H](CBr)C(C)C)cc1. The van der Waals surface area contributed by atoms with Crippen LogP contribution >= 0.6 is 15.9 Å². The molecule has 0 saturated carbocycles. The fourth-order valence-electron chi connectivity index (χ4n) is 2.61. The largest absolute Gasteiger partial charge is 0.457 e. The molecule has 1 aromatic carbocycles. The number of hydrogen-bond acceptors (Lipinski definition) is 4. The molecule has 0 unspecified atom stereocenters. The maximum atomic E-state index is 13.3. The van der Waals surface area contributed by atoms with Crippen molar-refractivity contribution < 1.29 is 17.9 Å². The first kappa shape index (κ1) is 24.9. The molecule has 1 atom stereocenters. The molecule has 0 fully saturated rings. The zero-order chi connectivity index (χ0) is 21.5. The molecule has 7 heteroatoms. The zero-order valence-electron chi connectivity index (χ0n) is 17.6. The van der Waals surface area contributed by atoms with Crippen LogP contribution in [0.25, 0.3) is 0 Å². The van der Waals surface area contributed by atoms with Crippen molar-refractivity contribution in [3.8, 4) is 0 Å². The van der Waals surface area contributed by atoms with Crippen molar-refractivity contribution in [1.29, 1.82) is 0 Å². The fourth-order valence-corrected chi connectivity index (χ4v) is 5.67. The summed E-state index contributed by atoms with van der Waals surface area (Å²) < 4.78 is 33.3. The number of sulfonamides is 1. The van der Waals surface area contributed by atoms with E-state index in [9.17, 15) is 13.2 Å². The Morgan fingerprint density at radius 1 is 1.21 bits per heavy atom. The molecule has 28 heavy (non-hydrogen) atoms. The van der Waals surface area contributed by atoms with Gasteiger partial charge in [-0.25, -0.2) is 13.2 Å². The molecule has 158 valence electrons. The molecule has 0 aliphatic rings. The Balaban J connectivity index is 3.01. The van der Waals surface area contributed by atoms with Crippen molar-refractivity contribution >= 4 is 31.9 Å². The minimum absolute atomic E-state index is 0.134. The Hall–Kier alpha value is -1.18. The van der Waals surface area contributed by atoms with E-state index in [1.807, 2.05) is 20.8 Å². The van der Waals surface area contributed by atoms with Gasteiger partial charge < -0.3 is 4.74 Å². The summed E-state index contributed by atoms with van der Waals surface area (Å²) in [4.78, 5) is 12.1. The third-order valence-corrected chi connectivity index (χ3v) is 6.70. The highest BCUT2D eigenvalue weighted by atomic mass is 79.9. The zero-order valence-corrected chi connectivity index (χ0v) is 20.0. The predicted octanol–water partition coefficient (Wildman–Crippen LogP) is 4.69. The number of benzene rings is 1. The van der Waals surface area contributed by atoms with Crippen LogP contribution in [0.4, 0.5) is 0 Å². The summed E-state index contributed by atoms with van der Waals surface area (Å²) >= 11 is 3.46. The van der Waals surface area contributed by atoms with E-state index >= 15 is 0 Å². The van der Waals surface area contributed by atoms with E-state index < -0.39 is 21.6 Å². The Labute approximate surface area is 178 Å². The number of halogens is 1.